The summed E-state index contributed by atoms with van der Waals surface area (Å²) in [6.45, 7) is 0. The number of carbonyl (C=O) groups excluding carboxylic acids is 1. The van der Waals surface area contributed by atoms with E-state index in [-0.39, 0.29) is 0 Å². The lowest BCUT2D eigenvalue weighted by atomic mass is 10.1. The minimum absolute atomic E-state index is 0.661. The van der Waals surface area contributed by atoms with Crippen LogP contribution in [0.5, 0.6) is 0 Å². The van der Waals surface area contributed by atoms with E-state index in [1.807, 2.05) is 30.5 Å². The average Bonchev–Trinajstić information content (AvgIpc) is 3.00. The lowest BCUT2D eigenvalue weighted by molar-refractivity contribution is -0.107. The van der Waals surface area contributed by atoms with Crippen molar-refractivity contribution in [3.63, 3.8) is 0 Å². The topological polar surface area (TPSA) is 69.5 Å². The Hall–Kier alpha value is -2.41. The molecule has 0 bridgehead atoms. The SMILES string of the molecule is N#Cc1ccc(-c2cnc(CCCCCCC=O)[nH]2)cc1. The minimum Gasteiger partial charge on any atom is -0.342 e. The Kier molecular flexibility index (Phi) is 5.71. The number of aldehydes is 1. The summed E-state index contributed by atoms with van der Waals surface area (Å²) in [5.74, 6) is 0.991. The standard InChI is InChI=1S/C17H19N3O/c18-12-14-7-9-15(10-8-14)16-13-19-17(20-16)6-4-2-1-3-5-11-21/h7-11,13H,1-6H2,(H,19,20). The van der Waals surface area contributed by atoms with E-state index in [2.05, 4.69) is 16.0 Å². The molecule has 0 aliphatic carbocycles. The Morgan fingerprint density at radius 2 is 1.90 bits per heavy atom. The molecular weight excluding hydrogens is 262 g/mol. The van der Waals surface area contributed by atoms with E-state index >= 15 is 0 Å². The maximum atomic E-state index is 10.2. The monoisotopic (exact) mass is 281 g/mol. The number of nitrogens with zero attached hydrogens (tertiary/aromatic N) is 2. The largest absolute Gasteiger partial charge is 0.342 e. The van der Waals surface area contributed by atoms with Crippen molar-refractivity contribution in [1.29, 1.82) is 5.26 Å². The summed E-state index contributed by atoms with van der Waals surface area (Å²) in [5.41, 5.74) is 2.68. The second-order valence-corrected chi connectivity index (χ2v) is 5.05. The molecule has 0 unspecified atom stereocenters. The van der Waals surface area contributed by atoms with Crippen molar-refractivity contribution in [3.05, 3.63) is 41.9 Å². The number of carbonyl (C=O) groups is 1. The zero-order chi connectivity index (χ0) is 14.9. The smallest absolute Gasteiger partial charge is 0.119 e. The van der Waals surface area contributed by atoms with Gasteiger partial charge in [0.25, 0.3) is 0 Å². The van der Waals surface area contributed by atoms with Gasteiger partial charge in [-0.3, -0.25) is 0 Å². The number of nitriles is 1. The number of unbranched alkanes of at least 4 members (excludes halogenated alkanes) is 4. The van der Waals surface area contributed by atoms with E-state index in [0.29, 0.717) is 12.0 Å². The molecule has 2 aromatic rings. The number of hydrogen-bond acceptors (Lipinski definition) is 3. The number of aryl methyl sites for hydroxylation is 1. The molecule has 0 spiro atoms. The number of benzene rings is 1. The van der Waals surface area contributed by atoms with Crippen LogP contribution in [-0.2, 0) is 11.2 Å². The summed E-state index contributed by atoms with van der Waals surface area (Å²) >= 11 is 0. The maximum absolute atomic E-state index is 10.2. The highest BCUT2D eigenvalue weighted by Crippen LogP contribution is 2.18. The van der Waals surface area contributed by atoms with Crippen LogP contribution in [-0.4, -0.2) is 16.3 Å². The number of aromatic nitrogens is 2. The van der Waals surface area contributed by atoms with Crippen LogP contribution >= 0.6 is 0 Å². The van der Waals surface area contributed by atoms with Crippen molar-refractivity contribution in [1.82, 2.24) is 9.97 Å². The molecule has 0 saturated heterocycles. The zero-order valence-electron chi connectivity index (χ0n) is 12.0. The van der Waals surface area contributed by atoms with Gasteiger partial charge in [-0.15, -0.1) is 0 Å². The number of aromatic amines is 1. The third kappa shape index (κ3) is 4.57. The highest BCUT2D eigenvalue weighted by atomic mass is 16.1. The summed E-state index contributed by atoms with van der Waals surface area (Å²) in [5, 5.41) is 8.79. The van der Waals surface area contributed by atoms with Crippen LogP contribution in [0.15, 0.2) is 30.5 Å². The number of rotatable bonds is 8. The summed E-state index contributed by atoms with van der Waals surface area (Å²) < 4.78 is 0. The van der Waals surface area contributed by atoms with E-state index in [9.17, 15) is 4.79 Å². The molecule has 0 aliphatic rings. The Labute approximate surface area is 124 Å². The fourth-order valence-electron chi connectivity index (χ4n) is 2.23. The van der Waals surface area contributed by atoms with Crippen LogP contribution in [0.4, 0.5) is 0 Å². The molecule has 2 rings (SSSR count). The molecule has 21 heavy (non-hydrogen) atoms. The molecule has 1 heterocycles. The van der Waals surface area contributed by atoms with E-state index in [4.69, 9.17) is 5.26 Å². The summed E-state index contributed by atoms with van der Waals surface area (Å²) in [6, 6.07) is 9.58. The quantitative estimate of drug-likeness (QED) is 0.593. The second kappa shape index (κ2) is 8.01. The van der Waals surface area contributed by atoms with Gasteiger partial charge in [-0.1, -0.05) is 25.0 Å². The van der Waals surface area contributed by atoms with Crippen LogP contribution < -0.4 is 0 Å². The number of nitrogens with one attached hydrogen (secondary N) is 1. The van der Waals surface area contributed by atoms with Gasteiger partial charge >= 0.3 is 0 Å². The van der Waals surface area contributed by atoms with Crippen molar-refractivity contribution in [2.45, 2.75) is 38.5 Å². The lowest BCUT2D eigenvalue weighted by Gasteiger charge is -1.99. The Bertz CT molecular complexity index is 608. The molecule has 1 aromatic carbocycles. The van der Waals surface area contributed by atoms with Crippen molar-refractivity contribution >= 4 is 6.29 Å². The third-order valence-electron chi connectivity index (χ3n) is 3.44. The van der Waals surface area contributed by atoms with Gasteiger partial charge in [0, 0.05) is 12.8 Å². The van der Waals surface area contributed by atoms with Gasteiger partial charge in [0.15, 0.2) is 0 Å². The first kappa shape index (κ1) is 15.0. The van der Waals surface area contributed by atoms with Crippen LogP contribution in [0.3, 0.4) is 0 Å². The van der Waals surface area contributed by atoms with E-state index in [1.165, 1.54) is 0 Å². The van der Waals surface area contributed by atoms with Gasteiger partial charge in [-0.25, -0.2) is 4.98 Å². The van der Waals surface area contributed by atoms with Gasteiger partial charge < -0.3 is 9.78 Å². The molecule has 0 saturated carbocycles. The summed E-state index contributed by atoms with van der Waals surface area (Å²) in [7, 11) is 0. The van der Waals surface area contributed by atoms with Gasteiger partial charge in [0.1, 0.15) is 12.1 Å². The first-order chi connectivity index (χ1) is 10.3. The van der Waals surface area contributed by atoms with Crippen LogP contribution in [0.25, 0.3) is 11.3 Å². The normalized spacial score (nSPS) is 10.2. The Morgan fingerprint density at radius 3 is 2.62 bits per heavy atom. The van der Waals surface area contributed by atoms with Crippen molar-refractivity contribution < 1.29 is 4.79 Å². The molecule has 0 aliphatic heterocycles. The predicted molar refractivity (Wildman–Crippen MR) is 81.6 cm³/mol. The maximum Gasteiger partial charge on any atom is 0.119 e. The van der Waals surface area contributed by atoms with Crippen LogP contribution in [0.2, 0.25) is 0 Å². The fourth-order valence-corrected chi connectivity index (χ4v) is 2.23. The lowest BCUT2D eigenvalue weighted by Crippen LogP contribution is -1.89. The molecule has 108 valence electrons. The van der Waals surface area contributed by atoms with E-state index in [0.717, 1.165) is 55.5 Å². The van der Waals surface area contributed by atoms with Gasteiger partial charge in [0.2, 0.25) is 0 Å². The highest BCUT2D eigenvalue weighted by Gasteiger charge is 2.03. The molecular formula is C17H19N3O. The highest BCUT2D eigenvalue weighted by molar-refractivity contribution is 5.59. The Morgan fingerprint density at radius 1 is 1.14 bits per heavy atom. The fraction of sp³-hybridized carbons (Fsp3) is 0.353. The number of imidazole rings is 1. The summed E-state index contributed by atoms with van der Waals surface area (Å²) in [4.78, 5) is 17.9. The summed E-state index contributed by atoms with van der Waals surface area (Å²) in [6.07, 6.45) is 8.71. The van der Waals surface area contributed by atoms with Crippen molar-refractivity contribution in [2.75, 3.05) is 0 Å². The van der Waals surface area contributed by atoms with Crippen LogP contribution in [0, 0.1) is 11.3 Å². The first-order valence-corrected chi connectivity index (χ1v) is 7.31. The van der Waals surface area contributed by atoms with Crippen molar-refractivity contribution in [2.24, 2.45) is 0 Å². The van der Waals surface area contributed by atoms with Gasteiger partial charge in [0.05, 0.1) is 23.5 Å². The zero-order valence-corrected chi connectivity index (χ0v) is 12.0. The van der Waals surface area contributed by atoms with Gasteiger partial charge in [-0.2, -0.15) is 5.26 Å². The molecule has 0 atom stereocenters. The number of hydrogen-bond donors (Lipinski definition) is 1. The first-order valence-electron chi connectivity index (χ1n) is 7.31. The molecule has 4 nitrogen and oxygen atoms in total. The van der Waals surface area contributed by atoms with E-state index < -0.39 is 0 Å². The average molecular weight is 281 g/mol. The molecule has 4 heteroatoms. The molecule has 1 aromatic heterocycles. The predicted octanol–water partition coefficient (Wildman–Crippen LogP) is 3.64. The molecule has 1 N–H and O–H groups in total. The molecule has 0 radical (unpaired) electrons. The van der Waals surface area contributed by atoms with E-state index in [1.54, 1.807) is 0 Å². The van der Waals surface area contributed by atoms with Gasteiger partial charge in [-0.05, 0) is 30.5 Å². The van der Waals surface area contributed by atoms with Crippen molar-refractivity contribution in [3.8, 4) is 17.3 Å². The third-order valence-corrected chi connectivity index (χ3v) is 3.44. The molecule has 0 fully saturated rings. The second-order valence-electron chi connectivity index (χ2n) is 5.05. The van der Waals surface area contributed by atoms with Crippen LogP contribution in [0.1, 0.15) is 43.5 Å². The Balaban J connectivity index is 1.83. The minimum atomic E-state index is 0.661. The number of H-pyrrole nitrogens is 1. The molecule has 0 amide bonds.